The molecule has 0 bridgehead atoms. The van der Waals surface area contributed by atoms with Crippen molar-refractivity contribution >= 4 is 21.6 Å². The highest BCUT2D eigenvalue weighted by atomic mass is 32.2. The highest BCUT2D eigenvalue weighted by Crippen LogP contribution is 2.26. The molecule has 1 aliphatic heterocycles. The molecule has 1 aromatic rings. The van der Waals surface area contributed by atoms with E-state index in [0.717, 1.165) is 19.3 Å². The standard InChI is InChI=1S/C17H27N3O4S/c1-5-16(17(21)19-12-10-18(2)11-13-19)20(25(4,22)23)14-6-8-15(24-3)9-7-14/h6-9,16H,5,10-13H2,1-4H3/t16-/m0/s1. The number of nitrogens with zero attached hydrogens (tertiary/aromatic N) is 3. The Morgan fingerprint density at radius 1 is 1.20 bits per heavy atom. The molecule has 0 spiro atoms. The average molecular weight is 369 g/mol. The summed E-state index contributed by atoms with van der Waals surface area (Å²) >= 11 is 0. The van der Waals surface area contributed by atoms with Gasteiger partial charge in [-0.25, -0.2) is 8.42 Å². The maximum absolute atomic E-state index is 13.0. The highest BCUT2D eigenvalue weighted by Gasteiger charge is 2.35. The Hall–Kier alpha value is -1.80. The first-order valence-electron chi connectivity index (χ1n) is 8.38. The molecule has 0 unspecified atom stereocenters. The third-order valence-corrected chi connectivity index (χ3v) is 5.63. The van der Waals surface area contributed by atoms with Crippen molar-refractivity contribution in [2.45, 2.75) is 19.4 Å². The third-order valence-electron chi connectivity index (χ3n) is 4.45. The summed E-state index contributed by atoms with van der Waals surface area (Å²) in [6.45, 7) is 4.66. The lowest BCUT2D eigenvalue weighted by Gasteiger charge is -2.37. The minimum Gasteiger partial charge on any atom is -0.497 e. The molecule has 25 heavy (non-hydrogen) atoms. The van der Waals surface area contributed by atoms with E-state index in [4.69, 9.17) is 4.74 Å². The van der Waals surface area contributed by atoms with Crippen LogP contribution in [0.3, 0.4) is 0 Å². The minimum atomic E-state index is -3.61. The van der Waals surface area contributed by atoms with Gasteiger partial charge in [0.1, 0.15) is 11.8 Å². The second-order valence-electron chi connectivity index (χ2n) is 6.31. The summed E-state index contributed by atoms with van der Waals surface area (Å²) in [5.41, 5.74) is 0.470. The van der Waals surface area contributed by atoms with E-state index in [1.807, 2.05) is 14.0 Å². The van der Waals surface area contributed by atoms with Gasteiger partial charge in [0.25, 0.3) is 0 Å². The lowest BCUT2D eigenvalue weighted by Crippen LogP contribution is -2.55. The fourth-order valence-corrected chi connectivity index (χ4v) is 4.22. The summed E-state index contributed by atoms with van der Waals surface area (Å²) in [4.78, 5) is 16.9. The predicted octanol–water partition coefficient (Wildman–Crippen LogP) is 1.01. The van der Waals surface area contributed by atoms with Crippen LogP contribution in [0.15, 0.2) is 24.3 Å². The van der Waals surface area contributed by atoms with Crippen molar-refractivity contribution in [2.24, 2.45) is 0 Å². The van der Waals surface area contributed by atoms with E-state index >= 15 is 0 Å². The van der Waals surface area contributed by atoms with E-state index < -0.39 is 16.1 Å². The quantitative estimate of drug-likeness (QED) is 0.749. The van der Waals surface area contributed by atoms with Crippen LogP contribution in [0, 0.1) is 0 Å². The molecule has 1 heterocycles. The number of carbonyl (C=O) groups excluding carboxylic acids is 1. The van der Waals surface area contributed by atoms with Gasteiger partial charge in [-0.15, -0.1) is 0 Å². The second kappa shape index (κ2) is 8.05. The van der Waals surface area contributed by atoms with Gasteiger partial charge in [-0.3, -0.25) is 9.10 Å². The number of likely N-dealkylation sites (N-methyl/N-ethyl adjacent to an activating group) is 1. The molecule has 1 aliphatic rings. The fraction of sp³-hybridized carbons (Fsp3) is 0.588. The zero-order valence-electron chi connectivity index (χ0n) is 15.3. The Kier molecular flexibility index (Phi) is 6.29. The minimum absolute atomic E-state index is 0.142. The lowest BCUT2D eigenvalue weighted by atomic mass is 10.1. The average Bonchev–Trinajstić information content (AvgIpc) is 2.58. The van der Waals surface area contributed by atoms with Crippen molar-refractivity contribution in [1.29, 1.82) is 0 Å². The second-order valence-corrected chi connectivity index (χ2v) is 8.17. The predicted molar refractivity (Wildman–Crippen MR) is 98.5 cm³/mol. The van der Waals surface area contributed by atoms with Crippen LogP contribution in [0.25, 0.3) is 0 Å². The molecule has 1 aromatic carbocycles. The zero-order valence-corrected chi connectivity index (χ0v) is 16.1. The number of hydrogen-bond acceptors (Lipinski definition) is 5. The summed E-state index contributed by atoms with van der Waals surface area (Å²) in [6, 6.07) is 5.98. The Balaban J connectivity index is 2.32. The van der Waals surface area contributed by atoms with Crippen molar-refractivity contribution in [2.75, 3.05) is 50.9 Å². The maximum atomic E-state index is 13.0. The van der Waals surface area contributed by atoms with E-state index in [-0.39, 0.29) is 5.91 Å². The first-order valence-corrected chi connectivity index (χ1v) is 10.2. The van der Waals surface area contributed by atoms with Crippen molar-refractivity contribution in [3.8, 4) is 5.75 Å². The largest absolute Gasteiger partial charge is 0.497 e. The Bertz CT molecular complexity index is 682. The molecule has 0 aliphatic carbocycles. The van der Waals surface area contributed by atoms with Gasteiger partial charge in [-0.2, -0.15) is 0 Å². The normalized spacial score (nSPS) is 17.2. The molecular weight excluding hydrogens is 342 g/mol. The van der Waals surface area contributed by atoms with Gasteiger partial charge in [0.15, 0.2) is 0 Å². The molecule has 1 atom stereocenters. The number of amides is 1. The number of carbonyl (C=O) groups is 1. The van der Waals surface area contributed by atoms with Crippen molar-refractivity contribution < 1.29 is 17.9 Å². The highest BCUT2D eigenvalue weighted by molar-refractivity contribution is 7.92. The Morgan fingerprint density at radius 2 is 1.76 bits per heavy atom. The first-order chi connectivity index (χ1) is 11.8. The van der Waals surface area contributed by atoms with Crippen molar-refractivity contribution in [3.05, 3.63) is 24.3 Å². The van der Waals surface area contributed by atoms with Crippen LogP contribution in [0.2, 0.25) is 0 Å². The van der Waals surface area contributed by atoms with Crippen molar-refractivity contribution in [1.82, 2.24) is 9.80 Å². The smallest absolute Gasteiger partial charge is 0.246 e. The maximum Gasteiger partial charge on any atom is 0.246 e. The SMILES string of the molecule is CC[C@@H](C(=O)N1CCN(C)CC1)N(c1ccc(OC)cc1)S(C)(=O)=O. The van der Waals surface area contributed by atoms with Crippen LogP contribution < -0.4 is 9.04 Å². The molecule has 8 heteroatoms. The number of sulfonamides is 1. The molecule has 1 fully saturated rings. The molecule has 0 radical (unpaired) electrons. The number of hydrogen-bond donors (Lipinski definition) is 0. The van der Waals surface area contributed by atoms with Gasteiger partial charge in [-0.05, 0) is 37.7 Å². The number of benzene rings is 1. The molecule has 1 amide bonds. The summed E-state index contributed by atoms with van der Waals surface area (Å²) in [6.07, 6.45) is 1.54. The number of anilines is 1. The molecule has 0 N–H and O–H groups in total. The number of piperazine rings is 1. The van der Waals surface area contributed by atoms with E-state index in [1.54, 1.807) is 36.3 Å². The third kappa shape index (κ3) is 4.64. The van der Waals surface area contributed by atoms with E-state index in [9.17, 15) is 13.2 Å². The molecule has 7 nitrogen and oxygen atoms in total. The van der Waals surface area contributed by atoms with Gasteiger partial charge in [0.05, 0.1) is 19.1 Å². The van der Waals surface area contributed by atoms with Crippen LogP contribution in [-0.2, 0) is 14.8 Å². The number of ether oxygens (including phenoxy) is 1. The van der Waals surface area contributed by atoms with E-state index in [1.165, 1.54) is 4.31 Å². The monoisotopic (exact) mass is 369 g/mol. The van der Waals surface area contributed by atoms with Crippen LogP contribution in [0.5, 0.6) is 5.75 Å². The molecule has 0 aromatic heterocycles. The first kappa shape index (κ1) is 19.5. The van der Waals surface area contributed by atoms with E-state index in [0.29, 0.717) is 30.9 Å². The van der Waals surface area contributed by atoms with Gasteiger partial charge >= 0.3 is 0 Å². The summed E-state index contributed by atoms with van der Waals surface area (Å²) in [7, 11) is -0.0449. The van der Waals surface area contributed by atoms with Crippen LogP contribution in [0.1, 0.15) is 13.3 Å². The topological polar surface area (TPSA) is 70.2 Å². The van der Waals surface area contributed by atoms with Crippen LogP contribution in [0.4, 0.5) is 5.69 Å². The number of methoxy groups -OCH3 is 1. The molecule has 140 valence electrons. The van der Waals surface area contributed by atoms with Gasteiger partial charge < -0.3 is 14.5 Å². The number of rotatable bonds is 6. The summed E-state index contributed by atoms with van der Waals surface area (Å²) in [5, 5.41) is 0. The van der Waals surface area contributed by atoms with Crippen molar-refractivity contribution in [3.63, 3.8) is 0 Å². The summed E-state index contributed by atoms with van der Waals surface area (Å²) in [5.74, 6) is 0.493. The van der Waals surface area contributed by atoms with E-state index in [2.05, 4.69) is 4.90 Å². The lowest BCUT2D eigenvalue weighted by molar-refractivity contribution is -0.134. The molecule has 2 rings (SSSR count). The van der Waals surface area contributed by atoms with Crippen LogP contribution in [-0.4, -0.2) is 76.8 Å². The fourth-order valence-electron chi connectivity index (χ4n) is 3.01. The molecular formula is C17H27N3O4S. The molecule has 0 saturated carbocycles. The Labute approximate surface area is 150 Å². The summed E-state index contributed by atoms with van der Waals surface area (Å²) < 4.78 is 31.2. The van der Waals surface area contributed by atoms with Gasteiger partial charge in [-0.1, -0.05) is 6.92 Å². The molecule has 1 saturated heterocycles. The van der Waals surface area contributed by atoms with Crippen LogP contribution >= 0.6 is 0 Å². The zero-order chi connectivity index (χ0) is 18.6. The van der Waals surface area contributed by atoms with Gasteiger partial charge in [0.2, 0.25) is 15.9 Å². The van der Waals surface area contributed by atoms with Gasteiger partial charge in [0, 0.05) is 26.2 Å². The Morgan fingerprint density at radius 3 is 2.20 bits per heavy atom.